The van der Waals surface area contributed by atoms with Gasteiger partial charge < -0.3 is 19.1 Å². The molecule has 1 aromatic carbocycles. The number of unbranched alkanes of at least 4 members (excludes halogenated alkanes) is 2. The third-order valence-electron chi connectivity index (χ3n) is 6.35. The first-order valence-electron chi connectivity index (χ1n) is 12.7. The molecular formula is C28H43N3O3. The molecule has 2 aromatic rings. The van der Waals surface area contributed by atoms with Gasteiger partial charge in [0.05, 0.1) is 20.2 Å². The van der Waals surface area contributed by atoms with E-state index in [0.717, 1.165) is 42.7 Å². The fourth-order valence-electron chi connectivity index (χ4n) is 4.04. The molecule has 6 nitrogen and oxygen atoms in total. The fourth-order valence-corrected chi connectivity index (χ4v) is 4.04. The number of rotatable bonds is 14. The average Bonchev–Trinajstić information content (AvgIpc) is 3.27. The van der Waals surface area contributed by atoms with Gasteiger partial charge in [0.2, 0.25) is 11.8 Å². The van der Waals surface area contributed by atoms with Crippen LogP contribution in [0.2, 0.25) is 0 Å². The SMILES string of the molecule is CCCCCN(CC(=O)N(Cc1cccn1Cc1cccc(OC)c1)C(C)CC)C(=O)C(C)C. The molecule has 34 heavy (non-hydrogen) atoms. The molecular weight excluding hydrogens is 426 g/mol. The summed E-state index contributed by atoms with van der Waals surface area (Å²) in [6.45, 7) is 12.1. The Morgan fingerprint density at radius 3 is 2.47 bits per heavy atom. The van der Waals surface area contributed by atoms with Gasteiger partial charge in [0.15, 0.2) is 0 Å². The summed E-state index contributed by atoms with van der Waals surface area (Å²) in [6, 6.07) is 12.2. The first-order valence-corrected chi connectivity index (χ1v) is 12.7. The summed E-state index contributed by atoms with van der Waals surface area (Å²) in [4.78, 5) is 30.0. The number of amides is 2. The monoisotopic (exact) mass is 469 g/mol. The van der Waals surface area contributed by atoms with Gasteiger partial charge in [-0.2, -0.15) is 0 Å². The Hall–Kier alpha value is -2.76. The lowest BCUT2D eigenvalue weighted by atomic mass is 10.1. The minimum absolute atomic E-state index is 0.00831. The van der Waals surface area contributed by atoms with Crippen LogP contribution in [-0.2, 0) is 22.7 Å². The first kappa shape index (κ1) is 27.5. The molecule has 0 saturated heterocycles. The molecule has 1 aromatic heterocycles. The van der Waals surface area contributed by atoms with Gasteiger partial charge in [-0.25, -0.2) is 0 Å². The van der Waals surface area contributed by atoms with E-state index in [1.165, 1.54) is 0 Å². The molecule has 1 atom stereocenters. The zero-order valence-electron chi connectivity index (χ0n) is 21.9. The summed E-state index contributed by atoms with van der Waals surface area (Å²) < 4.78 is 7.54. The van der Waals surface area contributed by atoms with Gasteiger partial charge in [0.1, 0.15) is 5.75 Å². The summed E-state index contributed by atoms with van der Waals surface area (Å²) in [5, 5.41) is 0. The number of ether oxygens (including phenoxy) is 1. The fraction of sp³-hybridized carbons (Fsp3) is 0.571. The number of benzene rings is 1. The Morgan fingerprint density at radius 2 is 1.82 bits per heavy atom. The molecule has 0 bridgehead atoms. The molecule has 0 aliphatic rings. The van der Waals surface area contributed by atoms with E-state index in [0.29, 0.717) is 19.6 Å². The number of aromatic nitrogens is 1. The lowest BCUT2D eigenvalue weighted by Crippen LogP contribution is -2.47. The van der Waals surface area contributed by atoms with E-state index in [9.17, 15) is 9.59 Å². The quantitative estimate of drug-likeness (QED) is 0.351. The van der Waals surface area contributed by atoms with Crippen molar-refractivity contribution in [3.05, 3.63) is 53.9 Å². The summed E-state index contributed by atoms with van der Waals surface area (Å²) in [7, 11) is 1.67. The van der Waals surface area contributed by atoms with E-state index in [1.54, 1.807) is 12.0 Å². The maximum absolute atomic E-state index is 13.5. The van der Waals surface area contributed by atoms with Gasteiger partial charge in [-0.05, 0) is 49.6 Å². The maximum atomic E-state index is 13.5. The molecule has 0 saturated carbocycles. The Morgan fingerprint density at radius 1 is 1.06 bits per heavy atom. The van der Waals surface area contributed by atoms with Crippen molar-refractivity contribution < 1.29 is 14.3 Å². The van der Waals surface area contributed by atoms with Crippen LogP contribution in [0.25, 0.3) is 0 Å². The van der Waals surface area contributed by atoms with Crippen molar-refractivity contribution in [1.82, 2.24) is 14.4 Å². The topological polar surface area (TPSA) is 54.8 Å². The molecule has 0 spiro atoms. The molecule has 188 valence electrons. The number of nitrogens with zero attached hydrogens (tertiary/aromatic N) is 3. The Kier molecular flexibility index (Phi) is 11.2. The number of carbonyl (C=O) groups excluding carboxylic acids is 2. The number of carbonyl (C=O) groups is 2. The van der Waals surface area contributed by atoms with Crippen LogP contribution in [-0.4, -0.2) is 52.4 Å². The van der Waals surface area contributed by atoms with Crippen LogP contribution >= 0.6 is 0 Å². The molecule has 0 N–H and O–H groups in total. The molecule has 0 radical (unpaired) electrons. The third kappa shape index (κ3) is 7.93. The highest BCUT2D eigenvalue weighted by molar-refractivity contribution is 5.85. The predicted octanol–water partition coefficient (Wildman–Crippen LogP) is 5.35. The van der Waals surface area contributed by atoms with E-state index in [4.69, 9.17) is 4.74 Å². The third-order valence-corrected chi connectivity index (χ3v) is 6.35. The molecule has 6 heteroatoms. The van der Waals surface area contributed by atoms with Crippen molar-refractivity contribution in [1.29, 1.82) is 0 Å². The van der Waals surface area contributed by atoms with Crippen LogP contribution < -0.4 is 4.74 Å². The Balaban J connectivity index is 2.18. The summed E-state index contributed by atoms with van der Waals surface area (Å²) in [5.41, 5.74) is 2.21. The van der Waals surface area contributed by atoms with Crippen molar-refractivity contribution in [2.45, 2.75) is 79.4 Å². The maximum Gasteiger partial charge on any atom is 0.242 e. The lowest BCUT2D eigenvalue weighted by Gasteiger charge is -2.32. The summed E-state index contributed by atoms with van der Waals surface area (Å²) in [6.07, 6.45) is 5.97. The average molecular weight is 470 g/mol. The van der Waals surface area contributed by atoms with Gasteiger partial charge in [-0.15, -0.1) is 0 Å². The normalized spacial score (nSPS) is 12.0. The molecule has 0 aliphatic heterocycles. The van der Waals surface area contributed by atoms with Crippen molar-refractivity contribution in [3.63, 3.8) is 0 Å². The summed E-state index contributed by atoms with van der Waals surface area (Å²) in [5.74, 6) is 0.774. The number of hydrogen-bond donors (Lipinski definition) is 0. The minimum Gasteiger partial charge on any atom is -0.497 e. The molecule has 2 rings (SSSR count). The number of methoxy groups -OCH3 is 1. The smallest absolute Gasteiger partial charge is 0.242 e. The first-order chi connectivity index (χ1) is 16.3. The second-order valence-corrected chi connectivity index (χ2v) is 9.38. The standard InChI is InChI=1S/C28H43N3O3/c1-7-9-10-16-30(28(33)22(3)4)21-27(32)31(23(5)8-2)20-25-14-12-17-29(25)19-24-13-11-15-26(18-24)34-6/h11-15,17-18,22-23H,7-10,16,19-21H2,1-6H3. The highest BCUT2D eigenvalue weighted by atomic mass is 16.5. The van der Waals surface area contributed by atoms with Gasteiger partial charge in [-0.3, -0.25) is 9.59 Å². The largest absolute Gasteiger partial charge is 0.497 e. The predicted molar refractivity (Wildman–Crippen MR) is 138 cm³/mol. The zero-order valence-corrected chi connectivity index (χ0v) is 21.9. The van der Waals surface area contributed by atoms with Crippen LogP contribution in [0.4, 0.5) is 0 Å². The van der Waals surface area contributed by atoms with Gasteiger partial charge in [0.25, 0.3) is 0 Å². The Bertz CT molecular complexity index is 906. The van der Waals surface area contributed by atoms with E-state index in [1.807, 2.05) is 49.2 Å². The van der Waals surface area contributed by atoms with Crippen LogP contribution in [0.15, 0.2) is 42.6 Å². The Labute approximate surface area is 205 Å². The zero-order chi connectivity index (χ0) is 25.1. The van der Waals surface area contributed by atoms with Gasteiger partial charge >= 0.3 is 0 Å². The van der Waals surface area contributed by atoms with Crippen molar-refractivity contribution in [2.24, 2.45) is 5.92 Å². The van der Waals surface area contributed by atoms with E-state index < -0.39 is 0 Å². The minimum atomic E-state index is -0.119. The van der Waals surface area contributed by atoms with Crippen molar-refractivity contribution in [3.8, 4) is 5.75 Å². The van der Waals surface area contributed by atoms with Crippen LogP contribution in [0.1, 0.15) is 71.6 Å². The van der Waals surface area contributed by atoms with Crippen LogP contribution in [0.3, 0.4) is 0 Å². The summed E-state index contributed by atoms with van der Waals surface area (Å²) >= 11 is 0. The molecule has 2 amide bonds. The second-order valence-electron chi connectivity index (χ2n) is 9.38. The molecule has 1 heterocycles. The van der Waals surface area contributed by atoms with Gasteiger partial charge in [-0.1, -0.05) is 52.7 Å². The van der Waals surface area contributed by atoms with Crippen molar-refractivity contribution >= 4 is 11.8 Å². The van der Waals surface area contributed by atoms with Crippen LogP contribution in [0, 0.1) is 5.92 Å². The molecule has 0 fully saturated rings. The van der Waals surface area contributed by atoms with E-state index in [2.05, 4.69) is 37.5 Å². The van der Waals surface area contributed by atoms with E-state index >= 15 is 0 Å². The van der Waals surface area contributed by atoms with Gasteiger partial charge in [0, 0.05) is 36.9 Å². The van der Waals surface area contributed by atoms with E-state index in [-0.39, 0.29) is 30.3 Å². The highest BCUT2D eigenvalue weighted by Gasteiger charge is 2.25. The lowest BCUT2D eigenvalue weighted by molar-refractivity contribution is -0.144. The highest BCUT2D eigenvalue weighted by Crippen LogP contribution is 2.18. The molecule has 1 unspecified atom stereocenters. The van der Waals surface area contributed by atoms with Crippen LogP contribution in [0.5, 0.6) is 5.75 Å². The van der Waals surface area contributed by atoms with Crippen molar-refractivity contribution in [2.75, 3.05) is 20.2 Å². The second kappa shape index (κ2) is 13.8. The number of hydrogen-bond acceptors (Lipinski definition) is 3. The molecule has 0 aliphatic carbocycles.